The maximum absolute atomic E-state index is 4.51. The first kappa shape index (κ1) is 13.3. The van der Waals surface area contributed by atoms with Gasteiger partial charge in [0, 0.05) is 13.1 Å². The quantitative estimate of drug-likeness (QED) is 0.841. The van der Waals surface area contributed by atoms with Crippen molar-refractivity contribution in [2.24, 2.45) is 5.41 Å². The van der Waals surface area contributed by atoms with E-state index in [0.29, 0.717) is 5.41 Å². The third-order valence-corrected chi connectivity index (χ3v) is 4.07. The monoisotopic (exact) mass is 270 g/mol. The van der Waals surface area contributed by atoms with Crippen LogP contribution in [-0.2, 0) is 6.54 Å². The zero-order valence-electron chi connectivity index (χ0n) is 12.0. The summed E-state index contributed by atoms with van der Waals surface area (Å²) in [6.07, 6.45) is 7.23. The van der Waals surface area contributed by atoms with Crippen LogP contribution < -0.4 is 5.32 Å². The van der Waals surface area contributed by atoms with Crippen molar-refractivity contribution in [3.05, 3.63) is 42.2 Å². The average molecular weight is 270 g/mol. The van der Waals surface area contributed by atoms with Gasteiger partial charge in [0.1, 0.15) is 0 Å². The van der Waals surface area contributed by atoms with E-state index in [9.17, 15) is 0 Å². The molecule has 20 heavy (non-hydrogen) atoms. The van der Waals surface area contributed by atoms with Crippen LogP contribution in [0.15, 0.2) is 36.5 Å². The van der Waals surface area contributed by atoms with Crippen molar-refractivity contribution in [1.82, 2.24) is 20.3 Å². The lowest BCUT2D eigenvalue weighted by Gasteiger charge is -2.13. The second kappa shape index (κ2) is 5.75. The van der Waals surface area contributed by atoms with E-state index < -0.39 is 0 Å². The smallest absolute Gasteiger partial charge is 0.0969 e. The molecule has 1 aromatic heterocycles. The van der Waals surface area contributed by atoms with Gasteiger partial charge in [-0.05, 0) is 36.8 Å². The zero-order chi connectivity index (χ0) is 13.8. The molecule has 1 aliphatic rings. The first-order valence-electron chi connectivity index (χ1n) is 7.49. The lowest BCUT2D eigenvalue weighted by molar-refractivity contribution is 0.419. The lowest BCUT2D eigenvalue weighted by Crippen LogP contribution is -2.23. The van der Waals surface area contributed by atoms with E-state index in [2.05, 4.69) is 22.4 Å². The molecule has 1 saturated carbocycles. The fraction of sp³-hybridized carbons (Fsp3) is 0.500. The number of hydrogen-bond donors (Lipinski definition) is 1. The molecule has 0 aliphatic heterocycles. The van der Waals surface area contributed by atoms with Crippen molar-refractivity contribution in [3.8, 4) is 5.69 Å². The van der Waals surface area contributed by atoms with Gasteiger partial charge in [0.25, 0.3) is 0 Å². The van der Waals surface area contributed by atoms with Crippen molar-refractivity contribution in [2.45, 2.75) is 39.2 Å². The predicted octanol–water partition coefficient (Wildman–Crippen LogP) is 2.94. The molecule has 106 valence electrons. The minimum atomic E-state index is 0.587. The second-order valence-corrected chi connectivity index (χ2v) is 5.81. The molecular weight excluding hydrogens is 248 g/mol. The Morgan fingerprint density at radius 3 is 2.75 bits per heavy atom. The van der Waals surface area contributed by atoms with Gasteiger partial charge >= 0.3 is 0 Å². The first-order chi connectivity index (χ1) is 9.81. The zero-order valence-corrected chi connectivity index (χ0v) is 12.0. The molecule has 0 atom stereocenters. The van der Waals surface area contributed by atoms with Gasteiger partial charge in [-0.3, -0.25) is 0 Å². The normalized spacial score (nSPS) is 16.2. The highest BCUT2D eigenvalue weighted by Gasteiger charge is 2.40. The molecule has 0 amide bonds. The molecule has 0 spiro atoms. The number of aromatic nitrogens is 3. The third-order valence-electron chi connectivity index (χ3n) is 4.07. The van der Waals surface area contributed by atoms with Gasteiger partial charge in [0.15, 0.2) is 0 Å². The summed E-state index contributed by atoms with van der Waals surface area (Å²) in [6.45, 7) is 4.18. The van der Waals surface area contributed by atoms with Gasteiger partial charge in [0.05, 0.1) is 17.6 Å². The third kappa shape index (κ3) is 3.07. The van der Waals surface area contributed by atoms with Crippen LogP contribution in [0.4, 0.5) is 0 Å². The van der Waals surface area contributed by atoms with Crippen LogP contribution in [0.2, 0.25) is 0 Å². The Balaban J connectivity index is 1.53. The number of benzene rings is 1. The number of nitrogens with one attached hydrogen (secondary N) is 1. The summed E-state index contributed by atoms with van der Waals surface area (Å²) in [5.74, 6) is 0. The van der Waals surface area contributed by atoms with Gasteiger partial charge in [-0.2, -0.15) is 15.0 Å². The summed E-state index contributed by atoms with van der Waals surface area (Å²) in [5, 5.41) is 12.4. The molecule has 0 bridgehead atoms. The Morgan fingerprint density at radius 1 is 1.25 bits per heavy atom. The highest BCUT2D eigenvalue weighted by atomic mass is 15.5. The Bertz CT molecular complexity index is 543. The first-order valence-corrected chi connectivity index (χ1v) is 7.49. The van der Waals surface area contributed by atoms with Gasteiger partial charge in [-0.25, -0.2) is 0 Å². The fourth-order valence-corrected chi connectivity index (χ4v) is 2.74. The van der Waals surface area contributed by atoms with E-state index in [0.717, 1.165) is 24.5 Å². The predicted molar refractivity (Wildman–Crippen MR) is 79.6 cm³/mol. The van der Waals surface area contributed by atoms with Gasteiger partial charge in [0.2, 0.25) is 0 Å². The lowest BCUT2D eigenvalue weighted by atomic mass is 10.0. The molecular formula is C16H22N4. The van der Waals surface area contributed by atoms with E-state index in [4.69, 9.17) is 0 Å². The van der Waals surface area contributed by atoms with Crippen LogP contribution in [0.5, 0.6) is 0 Å². The summed E-state index contributed by atoms with van der Waals surface area (Å²) in [6, 6.07) is 10.0. The molecule has 1 fully saturated rings. The highest BCUT2D eigenvalue weighted by Crippen LogP contribution is 2.48. The molecule has 0 radical (unpaired) electrons. The van der Waals surface area contributed by atoms with E-state index in [1.54, 1.807) is 4.80 Å². The number of hydrogen-bond acceptors (Lipinski definition) is 3. The second-order valence-electron chi connectivity index (χ2n) is 5.81. The van der Waals surface area contributed by atoms with E-state index in [-0.39, 0.29) is 0 Å². The van der Waals surface area contributed by atoms with Gasteiger partial charge in [-0.1, -0.05) is 31.5 Å². The fourth-order valence-electron chi connectivity index (χ4n) is 2.74. The molecule has 2 aromatic rings. The minimum absolute atomic E-state index is 0.587. The van der Waals surface area contributed by atoms with E-state index in [1.807, 2.05) is 36.5 Å². The molecule has 4 nitrogen and oxygen atoms in total. The minimum Gasteiger partial charge on any atom is -0.311 e. The maximum Gasteiger partial charge on any atom is 0.0969 e. The van der Waals surface area contributed by atoms with Crippen LogP contribution in [0.25, 0.3) is 5.69 Å². The molecule has 1 heterocycles. The summed E-state index contributed by atoms with van der Waals surface area (Å²) >= 11 is 0. The standard InChI is InChI=1S/C16H22N4/c1-2-8-16(9-10-16)13-17-11-14-12-18-20(19-14)15-6-4-3-5-7-15/h3-7,12,17H,2,8-11,13H2,1H3. The molecule has 1 N–H and O–H groups in total. The summed E-state index contributed by atoms with van der Waals surface area (Å²) in [5.41, 5.74) is 2.59. The summed E-state index contributed by atoms with van der Waals surface area (Å²) in [4.78, 5) is 1.69. The molecule has 3 rings (SSSR count). The van der Waals surface area contributed by atoms with E-state index in [1.165, 1.54) is 25.7 Å². The van der Waals surface area contributed by atoms with Crippen LogP contribution >= 0.6 is 0 Å². The van der Waals surface area contributed by atoms with Crippen LogP contribution in [0.1, 0.15) is 38.3 Å². The molecule has 0 unspecified atom stereocenters. The SMILES string of the molecule is CCCC1(CNCc2cnn(-c3ccccc3)n2)CC1. The van der Waals surface area contributed by atoms with E-state index >= 15 is 0 Å². The Hall–Kier alpha value is -1.68. The highest BCUT2D eigenvalue weighted by molar-refractivity contribution is 5.28. The van der Waals surface area contributed by atoms with Crippen LogP contribution in [0.3, 0.4) is 0 Å². The molecule has 1 aliphatic carbocycles. The Labute approximate surface area is 120 Å². The molecule has 0 saturated heterocycles. The number of nitrogens with zero attached hydrogens (tertiary/aromatic N) is 3. The maximum atomic E-state index is 4.51. The summed E-state index contributed by atoms with van der Waals surface area (Å²) in [7, 11) is 0. The Morgan fingerprint density at radius 2 is 2.05 bits per heavy atom. The van der Waals surface area contributed by atoms with Crippen molar-refractivity contribution in [2.75, 3.05) is 6.54 Å². The molecule has 4 heteroatoms. The van der Waals surface area contributed by atoms with Crippen LogP contribution in [-0.4, -0.2) is 21.5 Å². The number of para-hydroxylation sites is 1. The van der Waals surface area contributed by atoms with Gasteiger partial charge < -0.3 is 5.32 Å². The topological polar surface area (TPSA) is 42.7 Å². The van der Waals surface area contributed by atoms with Crippen molar-refractivity contribution < 1.29 is 0 Å². The van der Waals surface area contributed by atoms with Crippen LogP contribution in [0, 0.1) is 5.41 Å². The summed E-state index contributed by atoms with van der Waals surface area (Å²) < 4.78 is 0. The van der Waals surface area contributed by atoms with Crippen molar-refractivity contribution >= 4 is 0 Å². The van der Waals surface area contributed by atoms with Gasteiger partial charge in [-0.15, -0.1) is 0 Å². The molecule has 1 aromatic carbocycles. The number of rotatable bonds is 7. The Kier molecular flexibility index (Phi) is 3.83. The average Bonchev–Trinajstić information content (AvgIpc) is 3.07. The van der Waals surface area contributed by atoms with Crippen molar-refractivity contribution in [1.29, 1.82) is 0 Å². The largest absolute Gasteiger partial charge is 0.311 e. The van der Waals surface area contributed by atoms with Crippen molar-refractivity contribution in [3.63, 3.8) is 0 Å².